The number of imidazole rings is 1. The van der Waals surface area contributed by atoms with Gasteiger partial charge in [0.15, 0.2) is 4.34 Å². The molecule has 0 atom stereocenters. The van der Waals surface area contributed by atoms with Crippen molar-refractivity contribution < 1.29 is 0 Å². The van der Waals surface area contributed by atoms with E-state index in [9.17, 15) is 0 Å². The molecule has 1 N–H and O–H groups in total. The Morgan fingerprint density at radius 2 is 2.29 bits per heavy atom. The Hall–Kier alpha value is -2.07. The van der Waals surface area contributed by atoms with Gasteiger partial charge in [-0.05, 0) is 29.7 Å². The quantitative estimate of drug-likeness (QED) is 0.735. The van der Waals surface area contributed by atoms with Gasteiger partial charge in [-0.25, -0.2) is 9.97 Å². The van der Waals surface area contributed by atoms with E-state index in [2.05, 4.69) is 41.5 Å². The van der Waals surface area contributed by atoms with Gasteiger partial charge in [0.05, 0.1) is 0 Å². The van der Waals surface area contributed by atoms with E-state index in [-0.39, 0.29) is 0 Å². The normalized spacial score (nSPS) is 10.7. The largest absolute Gasteiger partial charge is 0.354 e. The molecule has 0 spiro atoms. The van der Waals surface area contributed by atoms with Crippen LogP contribution in [0.2, 0.25) is 0 Å². The molecule has 0 aromatic carbocycles. The van der Waals surface area contributed by atoms with Crippen LogP contribution >= 0.6 is 23.3 Å². The number of nitrogens with zero attached hydrogens (tertiary/aromatic N) is 7. The van der Waals surface area contributed by atoms with E-state index in [1.54, 1.807) is 23.3 Å². The smallest absolute Gasteiger partial charge is 0.240 e. The Morgan fingerprint density at radius 1 is 1.33 bits per heavy atom. The van der Waals surface area contributed by atoms with Gasteiger partial charge in [0.25, 0.3) is 0 Å². The van der Waals surface area contributed by atoms with Gasteiger partial charge in [-0.2, -0.15) is 19.3 Å². The van der Waals surface area contributed by atoms with E-state index in [1.165, 1.54) is 29.6 Å². The second-order valence-electron chi connectivity index (χ2n) is 3.95. The van der Waals surface area contributed by atoms with Crippen LogP contribution in [0, 0.1) is 0 Å². The fourth-order valence-electron chi connectivity index (χ4n) is 1.49. The lowest BCUT2D eigenvalue weighted by molar-refractivity contribution is 0.816. The van der Waals surface area contributed by atoms with Gasteiger partial charge in [0.1, 0.15) is 12.7 Å². The summed E-state index contributed by atoms with van der Waals surface area (Å²) in [5.41, 5.74) is 0. The van der Waals surface area contributed by atoms with Crippen molar-refractivity contribution in [1.82, 2.24) is 33.9 Å². The van der Waals surface area contributed by atoms with E-state index in [1.807, 2.05) is 0 Å². The molecule has 3 aromatic rings. The van der Waals surface area contributed by atoms with Gasteiger partial charge in [0.2, 0.25) is 17.1 Å². The molecule has 0 aliphatic rings. The highest BCUT2D eigenvalue weighted by atomic mass is 32.2. The Kier molecular flexibility index (Phi) is 4.36. The van der Waals surface area contributed by atoms with Crippen molar-refractivity contribution in [1.29, 1.82) is 0 Å². The second kappa shape index (κ2) is 6.59. The molecule has 0 unspecified atom stereocenters. The molecule has 0 bridgehead atoms. The van der Waals surface area contributed by atoms with Gasteiger partial charge >= 0.3 is 0 Å². The lowest BCUT2D eigenvalue weighted by atomic mass is 10.5. The molecule has 0 aliphatic carbocycles. The molecule has 0 saturated carbocycles. The Morgan fingerprint density at radius 3 is 3.00 bits per heavy atom. The van der Waals surface area contributed by atoms with E-state index in [4.69, 9.17) is 0 Å². The third kappa shape index (κ3) is 3.52. The minimum absolute atomic E-state index is 0.521. The summed E-state index contributed by atoms with van der Waals surface area (Å²) in [6.07, 6.45) is 7.63. The summed E-state index contributed by atoms with van der Waals surface area (Å²) in [7, 11) is 0. The maximum absolute atomic E-state index is 4.42. The molecule has 0 aliphatic heterocycles. The van der Waals surface area contributed by atoms with Crippen molar-refractivity contribution in [2.24, 2.45) is 0 Å². The first-order valence-corrected chi connectivity index (χ1v) is 7.87. The van der Waals surface area contributed by atoms with Crippen molar-refractivity contribution in [2.75, 3.05) is 11.9 Å². The highest BCUT2D eigenvalue weighted by molar-refractivity contribution is 8.00. The molecule has 108 valence electrons. The molecule has 0 saturated heterocycles. The third-order valence-corrected chi connectivity index (χ3v) is 3.97. The fourth-order valence-corrected chi connectivity index (χ4v) is 2.78. The SMILES string of the molecule is CCCNc1nc(Sc2ncns2)nc(-n2ccnc2)n1. The zero-order valence-electron chi connectivity index (χ0n) is 11.2. The van der Waals surface area contributed by atoms with E-state index in [0.717, 1.165) is 17.3 Å². The molecule has 3 rings (SSSR count). The summed E-state index contributed by atoms with van der Waals surface area (Å²) in [6, 6.07) is 0. The lowest BCUT2D eigenvalue weighted by Crippen LogP contribution is -2.09. The summed E-state index contributed by atoms with van der Waals surface area (Å²) in [6.45, 7) is 2.89. The highest BCUT2D eigenvalue weighted by Crippen LogP contribution is 2.26. The molecular formula is C11H12N8S2. The molecule has 10 heteroatoms. The van der Waals surface area contributed by atoms with Gasteiger partial charge in [-0.3, -0.25) is 4.57 Å². The van der Waals surface area contributed by atoms with Crippen molar-refractivity contribution >= 4 is 29.2 Å². The van der Waals surface area contributed by atoms with Crippen molar-refractivity contribution in [2.45, 2.75) is 22.8 Å². The topological polar surface area (TPSA) is 94.3 Å². The molecule has 3 heterocycles. The number of aromatic nitrogens is 7. The Labute approximate surface area is 129 Å². The van der Waals surface area contributed by atoms with Crippen molar-refractivity contribution in [3.63, 3.8) is 0 Å². The van der Waals surface area contributed by atoms with Gasteiger partial charge in [0, 0.05) is 18.9 Å². The maximum Gasteiger partial charge on any atom is 0.240 e. The van der Waals surface area contributed by atoms with Crippen LogP contribution in [0.25, 0.3) is 5.95 Å². The van der Waals surface area contributed by atoms with Crippen molar-refractivity contribution in [3.8, 4) is 5.95 Å². The summed E-state index contributed by atoms with van der Waals surface area (Å²) in [4.78, 5) is 21.3. The van der Waals surface area contributed by atoms with Gasteiger partial charge < -0.3 is 5.32 Å². The molecule has 0 fully saturated rings. The average Bonchev–Trinajstić information content (AvgIpc) is 3.18. The molecule has 3 aromatic heterocycles. The standard InChI is InChI=1S/C11H12N8S2/c1-2-3-13-8-16-9(19-5-4-12-7-19)18-10(17-8)20-11-14-6-15-21-11/h4-7H,2-3H2,1H3,(H,13,16,17,18). The number of hydrogen-bond acceptors (Lipinski definition) is 9. The first kappa shape index (κ1) is 13.9. The molecule has 8 nitrogen and oxygen atoms in total. The van der Waals surface area contributed by atoms with Gasteiger partial charge in [-0.1, -0.05) is 6.92 Å². The van der Waals surface area contributed by atoms with Crippen LogP contribution in [0.5, 0.6) is 0 Å². The number of anilines is 1. The summed E-state index contributed by atoms with van der Waals surface area (Å²) >= 11 is 2.67. The minimum atomic E-state index is 0.521. The van der Waals surface area contributed by atoms with Crippen LogP contribution < -0.4 is 5.32 Å². The zero-order chi connectivity index (χ0) is 14.5. The van der Waals surface area contributed by atoms with E-state index in [0.29, 0.717) is 17.1 Å². The Bertz CT molecular complexity index is 682. The fraction of sp³-hybridized carbons (Fsp3) is 0.273. The minimum Gasteiger partial charge on any atom is -0.354 e. The summed E-state index contributed by atoms with van der Waals surface area (Å²) in [5.74, 6) is 1.07. The van der Waals surface area contributed by atoms with Gasteiger partial charge in [-0.15, -0.1) is 0 Å². The molecular weight excluding hydrogens is 308 g/mol. The third-order valence-electron chi connectivity index (χ3n) is 2.39. The lowest BCUT2D eigenvalue weighted by Gasteiger charge is -2.07. The van der Waals surface area contributed by atoms with Crippen LogP contribution in [0.3, 0.4) is 0 Å². The zero-order valence-corrected chi connectivity index (χ0v) is 12.8. The predicted molar refractivity (Wildman–Crippen MR) is 79.8 cm³/mol. The second-order valence-corrected chi connectivity index (χ2v) is 5.94. The number of nitrogens with one attached hydrogen (secondary N) is 1. The van der Waals surface area contributed by atoms with Crippen LogP contribution in [0.15, 0.2) is 34.5 Å². The van der Waals surface area contributed by atoms with Crippen LogP contribution in [-0.2, 0) is 0 Å². The average molecular weight is 320 g/mol. The molecule has 0 radical (unpaired) electrons. The Balaban J connectivity index is 1.92. The van der Waals surface area contributed by atoms with Crippen LogP contribution in [-0.4, -0.2) is 40.4 Å². The van der Waals surface area contributed by atoms with Crippen LogP contribution in [0.4, 0.5) is 5.95 Å². The van der Waals surface area contributed by atoms with E-state index >= 15 is 0 Å². The molecule has 0 amide bonds. The van der Waals surface area contributed by atoms with Crippen molar-refractivity contribution in [3.05, 3.63) is 25.0 Å². The monoisotopic (exact) mass is 320 g/mol. The summed E-state index contributed by atoms with van der Waals surface area (Å²) < 4.78 is 6.50. The number of hydrogen-bond donors (Lipinski definition) is 1. The molecule has 21 heavy (non-hydrogen) atoms. The van der Waals surface area contributed by atoms with Crippen LogP contribution in [0.1, 0.15) is 13.3 Å². The maximum atomic E-state index is 4.42. The first-order chi connectivity index (χ1) is 10.3. The highest BCUT2D eigenvalue weighted by Gasteiger charge is 2.10. The predicted octanol–water partition coefficient (Wildman–Crippen LogP) is 1.88. The number of rotatable bonds is 6. The summed E-state index contributed by atoms with van der Waals surface area (Å²) in [5, 5.41) is 3.75. The first-order valence-electron chi connectivity index (χ1n) is 6.28. The van der Waals surface area contributed by atoms with E-state index < -0.39 is 0 Å².